The molecule has 0 aliphatic carbocycles. The van der Waals surface area contributed by atoms with Gasteiger partial charge in [0.2, 0.25) is 0 Å². The van der Waals surface area contributed by atoms with E-state index < -0.39 is 0 Å². The zero-order chi connectivity index (χ0) is 11.7. The van der Waals surface area contributed by atoms with Crippen molar-refractivity contribution in [3.05, 3.63) is 36.0 Å². The minimum absolute atomic E-state index is 0.168. The van der Waals surface area contributed by atoms with Crippen LogP contribution >= 0.6 is 0 Å². The van der Waals surface area contributed by atoms with Gasteiger partial charge >= 0.3 is 0 Å². The summed E-state index contributed by atoms with van der Waals surface area (Å²) in [6.45, 7) is 2.29. The smallest absolute Gasteiger partial charge is 0.116 e. The first-order valence-corrected chi connectivity index (χ1v) is 5.74. The van der Waals surface area contributed by atoms with Crippen LogP contribution in [0.25, 0.3) is 10.9 Å². The number of ether oxygens (including phenoxy) is 1. The van der Waals surface area contributed by atoms with Crippen LogP contribution in [-0.4, -0.2) is 29.8 Å². The molecule has 1 fully saturated rings. The Bertz CT molecular complexity index is 536. The van der Waals surface area contributed by atoms with Gasteiger partial charge in [-0.25, -0.2) is 0 Å². The first kappa shape index (κ1) is 10.5. The van der Waals surface area contributed by atoms with Crippen molar-refractivity contribution < 1.29 is 9.84 Å². The number of nitrogens with zero attached hydrogens (tertiary/aromatic N) is 1. The van der Waals surface area contributed by atoms with Crippen LogP contribution in [0.3, 0.4) is 0 Å². The Balaban J connectivity index is 1.98. The number of rotatable bonds is 1. The van der Waals surface area contributed by atoms with Crippen molar-refractivity contribution in [1.82, 2.24) is 10.3 Å². The maximum Gasteiger partial charge on any atom is 0.116 e. The van der Waals surface area contributed by atoms with Crippen molar-refractivity contribution in [3.8, 4) is 5.75 Å². The number of hydrogen-bond acceptors (Lipinski definition) is 4. The number of benzene rings is 1. The fourth-order valence-electron chi connectivity index (χ4n) is 2.08. The van der Waals surface area contributed by atoms with Gasteiger partial charge in [0.15, 0.2) is 0 Å². The highest BCUT2D eigenvalue weighted by Gasteiger charge is 2.16. The summed E-state index contributed by atoms with van der Waals surface area (Å²) in [5.41, 5.74) is 1.88. The molecule has 88 valence electrons. The summed E-state index contributed by atoms with van der Waals surface area (Å²) in [7, 11) is 0. The summed E-state index contributed by atoms with van der Waals surface area (Å²) in [5.74, 6) is 0.270. The third kappa shape index (κ3) is 2.09. The van der Waals surface area contributed by atoms with Crippen LogP contribution in [0.4, 0.5) is 0 Å². The molecule has 0 radical (unpaired) electrons. The lowest BCUT2D eigenvalue weighted by molar-refractivity contribution is 0.0757. The predicted molar refractivity (Wildman–Crippen MR) is 65.0 cm³/mol. The van der Waals surface area contributed by atoms with Crippen LogP contribution in [0.15, 0.2) is 30.3 Å². The maximum absolute atomic E-state index is 9.39. The molecule has 1 aliphatic rings. The first-order valence-electron chi connectivity index (χ1n) is 5.74. The Morgan fingerprint density at radius 2 is 2.24 bits per heavy atom. The van der Waals surface area contributed by atoms with Gasteiger partial charge in [-0.2, -0.15) is 0 Å². The van der Waals surface area contributed by atoms with Gasteiger partial charge < -0.3 is 15.2 Å². The molecule has 2 aromatic rings. The number of phenolic OH excluding ortho intramolecular Hbond substituents is 1. The Morgan fingerprint density at radius 1 is 1.29 bits per heavy atom. The number of hydrogen-bond donors (Lipinski definition) is 2. The number of aromatic hydroxyl groups is 1. The quantitative estimate of drug-likeness (QED) is 0.781. The highest BCUT2D eigenvalue weighted by molar-refractivity contribution is 5.80. The lowest BCUT2D eigenvalue weighted by atomic mass is 10.1. The number of phenols is 1. The molecule has 1 saturated heterocycles. The van der Waals surface area contributed by atoms with E-state index in [1.165, 1.54) is 0 Å². The third-order valence-electron chi connectivity index (χ3n) is 2.97. The summed E-state index contributed by atoms with van der Waals surface area (Å²) in [6.07, 6.45) is 0. The molecule has 2 heterocycles. The molecule has 0 spiro atoms. The van der Waals surface area contributed by atoms with Gasteiger partial charge in [0.05, 0.1) is 30.5 Å². The lowest BCUT2D eigenvalue weighted by Gasteiger charge is -2.23. The molecular formula is C13H14N2O2. The van der Waals surface area contributed by atoms with Crippen LogP contribution in [0.5, 0.6) is 5.75 Å². The molecule has 1 unspecified atom stereocenters. The van der Waals surface area contributed by atoms with E-state index in [9.17, 15) is 5.11 Å². The van der Waals surface area contributed by atoms with Gasteiger partial charge in [-0.3, -0.25) is 4.98 Å². The molecule has 3 rings (SSSR count). The van der Waals surface area contributed by atoms with Crippen molar-refractivity contribution in [2.45, 2.75) is 6.04 Å². The highest BCUT2D eigenvalue weighted by Crippen LogP contribution is 2.21. The molecule has 0 amide bonds. The minimum atomic E-state index is 0.168. The van der Waals surface area contributed by atoms with Crippen LogP contribution in [0.2, 0.25) is 0 Å². The van der Waals surface area contributed by atoms with E-state index in [0.717, 1.165) is 29.7 Å². The van der Waals surface area contributed by atoms with Crippen molar-refractivity contribution in [3.63, 3.8) is 0 Å². The molecular weight excluding hydrogens is 216 g/mol. The number of morpholine rings is 1. The lowest BCUT2D eigenvalue weighted by Crippen LogP contribution is -2.35. The van der Waals surface area contributed by atoms with Crippen molar-refractivity contribution in [2.24, 2.45) is 0 Å². The number of pyridine rings is 1. The Hall–Kier alpha value is -1.65. The van der Waals surface area contributed by atoms with E-state index in [0.29, 0.717) is 6.61 Å². The van der Waals surface area contributed by atoms with Gasteiger partial charge in [-0.05, 0) is 24.3 Å². The van der Waals surface area contributed by atoms with E-state index in [-0.39, 0.29) is 11.8 Å². The Morgan fingerprint density at radius 3 is 3.06 bits per heavy atom. The Labute approximate surface area is 99.2 Å². The van der Waals surface area contributed by atoms with Crippen LogP contribution < -0.4 is 5.32 Å². The molecule has 4 heteroatoms. The fourth-order valence-corrected chi connectivity index (χ4v) is 2.08. The summed E-state index contributed by atoms with van der Waals surface area (Å²) < 4.78 is 5.43. The molecule has 4 nitrogen and oxygen atoms in total. The number of fused-ring (bicyclic) bond motifs is 1. The van der Waals surface area contributed by atoms with E-state index >= 15 is 0 Å². The topological polar surface area (TPSA) is 54.4 Å². The second-order valence-electron chi connectivity index (χ2n) is 4.19. The first-order chi connectivity index (χ1) is 8.33. The maximum atomic E-state index is 9.39. The van der Waals surface area contributed by atoms with E-state index in [1.807, 2.05) is 18.2 Å². The summed E-state index contributed by atoms with van der Waals surface area (Å²) >= 11 is 0. The fraction of sp³-hybridized carbons (Fsp3) is 0.308. The molecule has 0 saturated carbocycles. The van der Waals surface area contributed by atoms with Gasteiger partial charge in [0.25, 0.3) is 0 Å². The molecule has 1 aromatic carbocycles. The monoisotopic (exact) mass is 230 g/mol. The summed E-state index contributed by atoms with van der Waals surface area (Å²) in [4.78, 5) is 4.59. The van der Waals surface area contributed by atoms with Gasteiger partial charge in [-0.15, -0.1) is 0 Å². The average Bonchev–Trinajstić information content (AvgIpc) is 2.39. The third-order valence-corrected chi connectivity index (χ3v) is 2.97. The second-order valence-corrected chi connectivity index (χ2v) is 4.19. The normalized spacial score (nSPS) is 20.6. The van der Waals surface area contributed by atoms with Gasteiger partial charge in [-0.1, -0.05) is 6.07 Å². The zero-order valence-electron chi connectivity index (χ0n) is 9.39. The number of nitrogens with one attached hydrogen (secondary N) is 1. The number of aromatic nitrogens is 1. The van der Waals surface area contributed by atoms with Crippen LogP contribution in [-0.2, 0) is 4.74 Å². The SMILES string of the molecule is Oc1ccc2nc(C3COCCN3)ccc2c1. The average molecular weight is 230 g/mol. The minimum Gasteiger partial charge on any atom is -0.508 e. The highest BCUT2D eigenvalue weighted by atomic mass is 16.5. The largest absolute Gasteiger partial charge is 0.508 e. The summed E-state index contributed by atoms with van der Waals surface area (Å²) in [5, 5.41) is 13.7. The van der Waals surface area contributed by atoms with Crippen molar-refractivity contribution in [2.75, 3.05) is 19.8 Å². The van der Waals surface area contributed by atoms with E-state index in [4.69, 9.17) is 4.74 Å². The molecule has 0 bridgehead atoms. The van der Waals surface area contributed by atoms with Crippen molar-refractivity contribution >= 4 is 10.9 Å². The van der Waals surface area contributed by atoms with Gasteiger partial charge in [0.1, 0.15) is 5.75 Å². The van der Waals surface area contributed by atoms with Gasteiger partial charge in [0, 0.05) is 11.9 Å². The predicted octanol–water partition coefficient (Wildman–Crippen LogP) is 1.60. The molecule has 1 aromatic heterocycles. The molecule has 1 atom stereocenters. The molecule has 2 N–H and O–H groups in total. The van der Waals surface area contributed by atoms with Crippen LogP contribution in [0.1, 0.15) is 11.7 Å². The second kappa shape index (κ2) is 4.31. The standard InChI is InChI=1S/C13H14N2O2/c16-10-2-4-11-9(7-10)1-3-12(15-11)13-8-17-6-5-14-13/h1-4,7,13-14,16H,5-6,8H2. The van der Waals surface area contributed by atoms with Crippen LogP contribution in [0, 0.1) is 0 Å². The van der Waals surface area contributed by atoms with E-state index in [1.54, 1.807) is 12.1 Å². The zero-order valence-corrected chi connectivity index (χ0v) is 9.39. The van der Waals surface area contributed by atoms with E-state index in [2.05, 4.69) is 10.3 Å². The molecule has 17 heavy (non-hydrogen) atoms. The summed E-state index contributed by atoms with van der Waals surface area (Å²) in [6, 6.07) is 9.34. The Kier molecular flexibility index (Phi) is 2.66. The van der Waals surface area contributed by atoms with Crippen molar-refractivity contribution in [1.29, 1.82) is 0 Å². The molecule has 1 aliphatic heterocycles.